The van der Waals surface area contributed by atoms with E-state index < -0.39 is 0 Å². The first kappa shape index (κ1) is 12.3. The van der Waals surface area contributed by atoms with Crippen molar-refractivity contribution < 1.29 is 9.47 Å². The van der Waals surface area contributed by atoms with Crippen molar-refractivity contribution in [1.82, 2.24) is 10.3 Å². The van der Waals surface area contributed by atoms with Crippen LogP contribution in [0.3, 0.4) is 0 Å². The molecule has 0 aromatic carbocycles. The van der Waals surface area contributed by atoms with Gasteiger partial charge in [-0.05, 0) is 19.3 Å². The first-order valence-corrected chi connectivity index (χ1v) is 6.08. The van der Waals surface area contributed by atoms with Crippen LogP contribution in [0.4, 0.5) is 0 Å². The number of nitrogens with zero attached hydrogens (tertiary/aromatic N) is 1. The predicted octanol–water partition coefficient (Wildman–Crippen LogP) is 1.52. The lowest BCUT2D eigenvalue weighted by atomic mass is 10.1. The molecule has 1 aromatic rings. The van der Waals surface area contributed by atoms with Crippen molar-refractivity contribution in [3.8, 4) is 5.75 Å². The molecule has 0 radical (unpaired) electrons. The second-order valence-corrected chi connectivity index (χ2v) is 4.50. The van der Waals surface area contributed by atoms with E-state index >= 15 is 0 Å². The molecule has 0 spiro atoms. The molecule has 0 amide bonds. The fourth-order valence-electron chi connectivity index (χ4n) is 2.06. The molecule has 2 heterocycles. The number of methoxy groups -OCH3 is 1. The molecule has 2 rings (SSSR count). The maximum absolute atomic E-state index is 5.34. The van der Waals surface area contributed by atoms with Crippen LogP contribution in [-0.2, 0) is 11.3 Å². The summed E-state index contributed by atoms with van der Waals surface area (Å²) in [6, 6.07) is 3.92. The molecule has 1 unspecified atom stereocenters. The molecule has 1 aliphatic rings. The number of pyridine rings is 1. The smallest absolute Gasteiger partial charge is 0.122 e. The molecule has 4 heteroatoms. The lowest BCUT2D eigenvalue weighted by molar-refractivity contribution is 0.185. The highest BCUT2D eigenvalue weighted by molar-refractivity contribution is 5.26. The zero-order chi connectivity index (χ0) is 12.1. The summed E-state index contributed by atoms with van der Waals surface area (Å²) in [5, 5.41) is 3.42. The minimum absolute atomic E-state index is 0.654. The van der Waals surface area contributed by atoms with Crippen LogP contribution in [0.2, 0.25) is 0 Å². The van der Waals surface area contributed by atoms with Crippen LogP contribution in [0.25, 0.3) is 0 Å². The molecule has 0 aliphatic carbocycles. The van der Waals surface area contributed by atoms with E-state index in [2.05, 4.69) is 10.3 Å². The van der Waals surface area contributed by atoms with Crippen molar-refractivity contribution in [3.05, 3.63) is 23.5 Å². The van der Waals surface area contributed by atoms with E-state index in [1.165, 1.54) is 0 Å². The molecular weight excluding hydrogens is 216 g/mol. The van der Waals surface area contributed by atoms with Crippen molar-refractivity contribution in [2.75, 3.05) is 26.9 Å². The maximum Gasteiger partial charge on any atom is 0.122 e. The summed E-state index contributed by atoms with van der Waals surface area (Å²) >= 11 is 0. The Labute approximate surface area is 102 Å². The molecule has 1 aliphatic heterocycles. The molecule has 1 atom stereocenters. The van der Waals surface area contributed by atoms with Gasteiger partial charge in [-0.15, -0.1) is 0 Å². The summed E-state index contributed by atoms with van der Waals surface area (Å²) in [4.78, 5) is 4.47. The summed E-state index contributed by atoms with van der Waals surface area (Å²) in [5.74, 6) is 1.53. The number of aromatic nitrogens is 1. The molecule has 1 fully saturated rings. The monoisotopic (exact) mass is 236 g/mol. The van der Waals surface area contributed by atoms with Crippen molar-refractivity contribution in [2.24, 2.45) is 5.92 Å². The number of hydrogen-bond donors (Lipinski definition) is 1. The van der Waals surface area contributed by atoms with Crippen molar-refractivity contribution in [1.29, 1.82) is 0 Å². The summed E-state index contributed by atoms with van der Waals surface area (Å²) < 4.78 is 10.6. The van der Waals surface area contributed by atoms with E-state index in [-0.39, 0.29) is 0 Å². The van der Waals surface area contributed by atoms with Crippen LogP contribution in [0.5, 0.6) is 5.75 Å². The Kier molecular flexibility index (Phi) is 4.34. The van der Waals surface area contributed by atoms with Gasteiger partial charge in [0.25, 0.3) is 0 Å². The van der Waals surface area contributed by atoms with Gasteiger partial charge in [-0.2, -0.15) is 0 Å². The zero-order valence-corrected chi connectivity index (χ0v) is 10.5. The van der Waals surface area contributed by atoms with E-state index in [4.69, 9.17) is 9.47 Å². The number of hydrogen-bond acceptors (Lipinski definition) is 4. The highest BCUT2D eigenvalue weighted by atomic mass is 16.5. The van der Waals surface area contributed by atoms with Gasteiger partial charge in [-0.25, -0.2) is 0 Å². The molecular formula is C13H20N2O2. The molecule has 1 saturated heterocycles. The molecule has 94 valence electrons. The predicted molar refractivity (Wildman–Crippen MR) is 66.2 cm³/mol. The van der Waals surface area contributed by atoms with Crippen molar-refractivity contribution in [3.63, 3.8) is 0 Å². The SMILES string of the molecule is COc1cc(C)nc(CNCC2CCOC2)c1. The van der Waals surface area contributed by atoms with Crippen LogP contribution in [0.1, 0.15) is 17.8 Å². The van der Waals surface area contributed by atoms with E-state index in [1.54, 1.807) is 7.11 Å². The van der Waals surface area contributed by atoms with E-state index in [0.717, 1.165) is 49.9 Å². The van der Waals surface area contributed by atoms with E-state index in [1.807, 2.05) is 19.1 Å². The summed E-state index contributed by atoms with van der Waals surface area (Å²) in [7, 11) is 1.68. The van der Waals surface area contributed by atoms with Gasteiger partial charge in [-0.3, -0.25) is 4.98 Å². The third-order valence-electron chi connectivity index (χ3n) is 2.98. The van der Waals surface area contributed by atoms with Crippen LogP contribution in [-0.4, -0.2) is 31.9 Å². The van der Waals surface area contributed by atoms with Crippen LogP contribution >= 0.6 is 0 Å². The Morgan fingerprint density at radius 3 is 3.12 bits per heavy atom. The average Bonchev–Trinajstić information content (AvgIpc) is 2.81. The minimum atomic E-state index is 0.654. The third-order valence-corrected chi connectivity index (χ3v) is 2.98. The van der Waals surface area contributed by atoms with Gasteiger partial charge in [0, 0.05) is 37.5 Å². The Balaban J connectivity index is 1.83. The van der Waals surface area contributed by atoms with Gasteiger partial charge in [-0.1, -0.05) is 0 Å². The standard InChI is InChI=1S/C13H20N2O2/c1-10-5-13(16-2)6-12(15-10)8-14-7-11-3-4-17-9-11/h5-6,11,14H,3-4,7-9H2,1-2H3. The number of rotatable bonds is 5. The van der Waals surface area contributed by atoms with Gasteiger partial charge in [0.15, 0.2) is 0 Å². The Morgan fingerprint density at radius 1 is 1.53 bits per heavy atom. The first-order chi connectivity index (χ1) is 8.28. The quantitative estimate of drug-likeness (QED) is 0.842. The Morgan fingerprint density at radius 2 is 2.41 bits per heavy atom. The van der Waals surface area contributed by atoms with Gasteiger partial charge in [0.1, 0.15) is 5.75 Å². The van der Waals surface area contributed by atoms with Crippen molar-refractivity contribution in [2.45, 2.75) is 19.9 Å². The number of nitrogens with one attached hydrogen (secondary N) is 1. The van der Waals surface area contributed by atoms with Crippen molar-refractivity contribution >= 4 is 0 Å². The van der Waals surface area contributed by atoms with Gasteiger partial charge in [0.2, 0.25) is 0 Å². The number of ether oxygens (including phenoxy) is 2. The largest absolute Gasteiger partial charge is 0.497 e. The molecule has 4 nitrogen and oxygen atoms in total. The van der Waals surface area contributed by atoms with E-state index in [9.17, 15) is 0 Å². The van der Waals surface area contributed by atoms with E-state index in [0.29, 0.717) is 5.92 Å². The summed E-state index contributed by atoms with van der Waals surface area (Å²) in [6.07, 6.45) is 1.16. The lowest BCUT2D eigenvalue weighted by Crippen LogP contribution is -2.23. The molecule has 0 saturated carbocycles. The highest BCUT2D eigenvalue weighted by Gasteiger charge is 2.14. The molecule has 1 aromatic heterocycles. The topological polar surface area (TPSA) is 43.4 Å². The van der Waals surface area contributed by atoms with Crippen LogP contribution in [0.15, 0.2) is 12.1 Å². The Bertz CT molecular complexity index is 362. The van der Waals surface area contributed by atoms with Gasteiger partial charge in [0.05, 0.1) is 19.4 Å². The first-order valence-electron chi connectivity index (χ1n) is 6.08. The highest BCUT2D eigenvalue weighted by Crippen LogP contribution is 2.14. The van der Waals surface area contributed by atoms with Gasteiger partial charge < -0.3 is 14.8 Å². The molecule has 0 bridgehead atoms. The molecule has 1 N–H and O–H groups in total. The third kappa shape index (κ3) is 3.68. The van der Waals surface area contributed by atoms with Crippen LogP contribution < -0.4 is 10.1 Å². The average molecular weight is 236 g/mol. The summed E-state index contributed by atoms with van der Waals surface area (Å²) in [6.45, 7) is 5.56. The second kappa shape index (κ2) is 5.98. The maximum atomic E-state index is 5.34. The fourth-order valence-corrected chi connectivity index (χ4v) is 2.06. The fraction of sp³-hybridized carbons (Fsp3) is 0.615. The number of aryl methyl sites for hydroxylation is 1. The van der Waals surface area contributed by atoms with Crippen LogP contribution in [0, 0.1) is 12.8 Å². The minimum Gasteiger partial charge on any atom is -0.497 e. The van der Waals surface area contributed by atoms with Gasteiger partial charge >= 0.3 is 0 Å². The second-order valence-electron chi connectivity index (χ2n) is 4.50. The Hall–Kier alpha value is -1.13. The summed E-state index contributed by atoms with van der Waals surface area (Å²) in [5.41, 5.74) is 2.02. The zero-order valence-electron chi connectivity index (χ0n) is 10.5. The lowest BCUT2D eigenvalue weighted by Gasteiger charge is -2.10. The normalized spacial score (nSPS) is 19.5. The molecule has 17 heavy (non-hydrogen) atoms.